The van der Waals surface area contributed by atoms with Crippen LogP contribution < -0.4 is 9.47 Å². The van der Waals surface area contributed by atoms with Crippen molar-refractivity contribution < 1.29 is 28.1 Å². The summed E-state index contributed by atoms with van der Waals surface area (Å²) in [7, 11) is 1.56. The van der Waals surface area contributed by atoms with Crippen LogP contribution in [-0.4, -0.2) is 48.3 Å². The molecule has 1 aromatic heterocycles. The number of likely N-dealkylation sites (tertiary alicyclic amines) is 1. The molecule has 2 heterocycles. The van der Waals surface area contributed by atoms with Crippen molar-refractivity contribution in [3.8, 4) is 11.5 Å². The van der Waals surface area contributed by atoms with Gasteiger partial charge in [0.05, 0.1) is 45.1 Å². The highest BCUT2D eigenvalue weighted by atomic mass is 19.1. The third-order valence-corrected chi connectivity index (χ3v) is 6.26. The number of aliphatic hydroxyl groups is 1. The van der Waals surface area contributed by atoms with E-state index in [4.69, 9.17) is 14.0 Å². The predicted molar refractivity (Wildman–Crippen MR) is 118 cm³/mol. The van der Waals surface area contributed by atoms with Gasteiger partial charge < -0.3 is 29.0 Å². The van der Waals surface area contributed by atoms with Gasteiger partial charge in [-0.3, -0.25) is 0 Å². The lowest BCUT2D eigenvalue weighted by Gasteiger charge is -2.47. The van der Waals surface area contributed by atoms with Crippen molar-refractivity contribution in [3.63, 3.8) is 0 Å². The average Bonchev–Trinajstić information content (AvgIpc) is 3.20. The lowest BCUT2D eigenvalue weighted by Crippen LogP contribution is -2.48. The van der Waals surface area contributed by atoms with Gasteiger partial charge in [-0.1, -0.05) is 11.2 Å². The van der Waals surface area contributed by atoms with Gasteiger partial charge >= 0.3 is 0 Å². The molecule has 1 N–H and O–H groups in total. The summed E-state index contributed by atoms with van der Waals surface area (Å²) >= 11 is 0. The number of fused-ring (bicyclic) bond motifs is 1. The van der Waals surface area contributed by atoms with E-state index >= 15 is 0 Å². The second-order valence-electron chi connectivity index (χ2n) is 8.50. The second kappa shape index (κ2) is 9.44. The molecule has 3 aromatic rings. The van der Waals surface area contributed by atoms with Crippen LogP contribution in [-0.2, 0) is 0 Å². The number of ether oxygens (including phenoxy) is 2. The summed E-state index contributed by atoms with van der Waals surface area (Å²) in [5, 5.41) is 27.8. The predicted octanol–water partition coefficient (Wildman–Crippen LogP) is 4.69. The first kappa shape index (κ1) is 22.5. The lowest BCUT2D eigenvalue weighted by molar-refractivity contribution is -0.886. The molecule has 2 aromatic carbocycles. The smallest absolute Gasteiger partial charge is 0.170 e. The minimum atomic E-state index is -0.581. The van der Waals surface area contributed by atoms with Gasteiger partial charge in [-0.2, -0.15) is 0 Å². The number of hydrogen-bond acceptors (Lipinski definition) is 6. The van der Waals surface area contributed by atoms with E-state index in [1.807, 2.05) is 0 Å². The molecule has 0 bridgehead atoms. The molecule has 1 saturated heterocycles. The maximum absolute atomic E-state index is 13.4. The second-order valence-corrected chi connectivity index (χ2v) is 8.50. The zero-order chi connectivity index (χ0) is 22.7. The van der Waals surface area contributed by atoms with Crippen LogP contribution in [0.5, 0.6) is 11.5 Å². The number of benzene rings is 2. The largest absolute Gasteiger partial charge is 0.633 e. The Labute approximate surface area is 186 Å². The molecule has 0 aliphatic carbocycles. The number of hydrogen-bond donors (Lipinski definition) is 1. The first-order valence-corrected chi connectivity index (χ1v) is 11.0. The number of rotatable bonds is 8. The Bertz CT molecular complexity index is 1060. The Morgan fingerprint density at radius 1 is 1.22 bits per heavy atom. The number of hydroxylamine groups is 3. The van der Waals surface area contributed by atoms with Crippen LogP contribution in [0.2, 0.25) is 0 Å². The highest BCUT2D eigenvalue weighted by Crippen LogP contribution is 2.35. The van der Waals surface area contributed by atoms with Gasteiger partial charge in [0.1, 0.15) is 5.82 Å². The molecule has 8 heteroatoms. The summed E-state index contributed by atoms with van der Waals surface area (Å²) in [5.74, 6) is 0.963. The van der Waals surface area contributed by atoms with Crippen LogP contribution in [0, 0.1) is 11.0 Å². The molecule has 0 spiro atoms. The van der Waals surface area contributed by atoms with Crippen molar-refractivity contribution in [1.29, 1.82) is 0 Å². The Hall–Kier alpha value is -2.68. The molecule has 0 radical (unpaired) electrons. The summed E-state index contributed by atoms with van der Waals surface area (Å²) < 4.78 is 29.6. The van der Waals surface area contributed by atoms with Crippen LogP contribution in [0.15, 0.2) is 40.9 Å². The molecule has 4 rings (SSSR count). The van der Waals surface area contributed by atoms with Gasteiger partial charge in [0.2, 0.25) is 0 Å². The fourth-order valence-electron chi connectivity index (χ4n) is 4.36. The van der Waals surface area contributed by atoms with Crippen molar-refractivity contribution in [2.24, 2.45) is 0 Å². The molecule has 32 heavy (non-hydrogen) atoms. The lowest BCUT2D eigenvalue weighted by atomic mass is 9.91. The van der Waals surface area contributed by atoms with Gasteiger partial charge in [0.15, 0.2) is 17.1 Å². The molecule has 1 atom stereocenters. The van der Waals surface area contributed by atoms with Crippen molar-refractivity contribution in [2.75, 3.05) is 33.4 Å². The molecule has 172 valence electrons. The maximum Gasteiger partial charge on any atom is 0.170 e. The summed E-state index contributed by atoms with van der Waals surface area (Å²) in [6, 6.07) is 9.79. The first-order chi connectivity index (χ1) is 15.4. The van der Waals surface area contributed by atoms with E-state index in [-0.39, 0.29) is 16.4 Å². The van der Waals surface area contributed by atoms with Crippen LogP contribution in [0.1, 0.15) is 49.5 Å². The third-order valence-electron chi connectivity index (χ3n) is 6.26. The van der Waals surface area contributed by atoms with E-state index in [9.17, 15) is 14.7 Å². The standard InChI is InChI=1S/C24H29FN2O5/c1-16(28)18-4-7-21(23(14-18)30-2)31-13-3-10-27(29)11-8-17(9-12-27)24-20-6-5-19(25)15-22(20)32-26-24/h4-7,14-17,28H,3,8-13H2,1-2H3. The minimum Gasteiger partial charge on any atom is -0.633 e. The molecular weight excluding hydrogens is 415 g/mol. The summed E-state index contributed by atoms with van der Waals surface area (Å²) in [4.78, 5) is 0. The number of methoxy groups -OCH3 is 1. The van der Waals surface area contributed by atoms with E-state index in [1.165, 1.54) is 12.1 Å². The zero-order valence-corrected chi connectivity index (χ0v) is 18.4. The van der Waals surface area contributed by atoms with Crippen molar-refractivity contribution in [3.05, 3.63) is 58.7 Å². The maximum atomic E-state index is 13.4. The molecule has 1 fully saturated rings. The number of halogens is 1. The van der Waals surface area contributed by atoms with Crippen LogP contribution >= 0.6 is 0 Å². The van der Waals surface area contributed by atoms with Crippen LogP contribution in [0.4, 0.5) is 4.39 Å². The van der Waals surface area contributed by atoms with Gasteiger partial charge in [0.25, 0.3) is 0 Å². The molecule has 0 amide bonds. The van der Waals surface area contributed by atoms with E-state index in [2.05, 4.69) is 5.16 Å². The molecule has 1 aliphatic heterocycles. The number of piperidine rings is 1. The summed E-state index contributed by atoms with van der Waals surface area (Å²) in [5.41, 5.74) is 2.02. The van der Waals surface area contributed by atoms with E-state index < -0.39 is 6.10 Å². The SMILES string of the molecule is COc1cc(C(C)O)ccc1OCCC[N+]1([O-])CCC(c2noc3cc(F)ccc23)CC1. The van der Waals surface area contributed by atoms with Crippen molar-refractivity contribution >= 4 is 11.0 Å². The highest BCUT2D eigenvalue weighted by Gasteiger charge is 2.30. The highest BCUT2D eigenvalue weighted by molar-refractivity contribution is 5.79. The third kappa shape index (κ3) is 4.87. The van der Waals surface area contributed by atoms with E-state index in [0.29, 0.717) is 49.7 Å². The zero-order valence-electron chi connectivity index (χ0n) is 18.4. The Morgan fingerprint density at radius 3 is 2.72 bits per heavy atom. The Morgan fingerprint density at radius 2 is 2.00 bits per heavy atom. The molecule has 1 aliphatic rings. The van der Waals surface area contributed by atoms with E-state index in [0.717, 1.165) is 29.5 Å². The fourth-order valence-corrected chi connectivity index (χ4v) is 4.36. The summed E-state index contributed by atoms with van der Waals surface area (Å²) in [6.45, 7) is 3.60. The molecule has 0 saturated carbocycles. The average molecular weight is 445 g/mol. The monoisotopic (exact) mass is 444 g/mol. The van der Waals surface area contributed by atoms with Crippen molar-refractivity contribution in [1.82, 2.24) is 5.16 Å². The number of aliphatic hydroxyl groups excluding tert-OH is 1. The topological polar surface area (TPSA) is 87.8 Å². The fraction of sp³-hybridized carbons (Fsp3) is 0.458. The Kier molecular flexibility index (Phi) is 6.64. The van der Waals surface area contributed by atoms with Crippen molar-refractivity contribution in [2.45, 2.75) is 38.2 Å². The normalized spacial score (nSPS) is 22.1. The van der Waals surface area contributed by atoms with E-state index in [1.54, 1.807) is 38.3 Å². The van der Waals surface area contributed by atoms with Gasteiger partial charge in [0, 0.05) is 36.6 Å². The van der Waals surface area contributed by atoms with Crippen LogP contribution in [0.25, 0.3) is 11.0 Å². The van der Waals surface area contributed by atoms with Crippen LogP contribution in [0.3, 0.4) is 0 Å². The number of quaternary nitrogens is 1. The summed E-state index contributed by atoms with van der Waals surface area (Å²) in [6.07, 6.45) is 1.49. The van der Waals surface area contributed by atoms with Gasteiger partial charge in [-0.25, -0.2) is 4.39 Å². The Balaban J connectivity index is 1.28. The quantitative estimate of drug-likeness (QED) is 0.308. The first-order valence-electron chi connectivity index (χ1n) is 11.0. The molecule has 1 unspecified atom stereocenters. The molecular formula is C24H29FN2O5. The number of nitrogens with zero attached hydrogens (tertiary/aromatic N) is 2. The van der Waals surface area contributed by atoms with Gasteiger partial charge in [-0.05, 0) is 36.8 Å². The minimum absolute atomic E-state index is 0.148. The van der Waals surface area contributed by atoms with Gasteiger partial charge in [-0.15, -0.1) is 0 Å². The molecule has 7 nitrogen and oxygen atoms in total. The number of aromatic nitrogens is 1.